The molecule has 17 heteroatoms. The minimum atomic E-state index is -5.35. The zero-order chi connectivity index (χ0) is 13.7. The molecule has 100 valence electrons. The second kappa shape index (κ2) is 20.0. The molecule has 0 aliphatic carbocycles. The van der Waals surface area contributed by atoms with Crippen LogP contribution in [0, 0.1) is 0 Å². The third kappa shape index (κ3) is 26.5. The molecule has 0 saturated heterocycles. The van der Waals surface area contributed by atoms with E-state index in [1.54, 1.807) is 0 Å². The summed E-state index contributed by atoms with van der Waals surface area (Å²) in [6.07, 6.45) is 0. The maximum Gasteiger partial charge on any atom is 1.00 e. The van der Waals surface area contributed by atoms with Gasteiger partial charge in [0.15, 0.2) is 0 Å². The number of rotatable bonds is 8. The zero-order valence-electron chi connectivity index (χ0n) is 13.1. The van der Waals surface area contributed by atoms with Crippen molar-refractivity contribution in [2.24, 2.45) is 0 Å². The number of carbonyl (C=O) groups excluding carboxylic acids is 2. The predicted molar refractivity (Wildman–Crippen MR) is 42.0 cm³/mol. The van der Waals surface area contributed by atoms with Crippen molar-refractivity contribution in [2.45, 2.75) is 0 Å². The van der Waals surface area contributed by atoms with Crippen molar-refractivity contribution in [2.75, 3.05) is 19.1 Å². The molecule has 10 nitrogen and oxygen atoms in total. The molecule has 0 amide bonds. The smallest absolute Gasteiger partial charge is 0.810 e. The largest absolute Gasteiger partial charge is 1.00 e. The van der Waals surface area contributed by atoms with Crippen LogP contribution in [0.15, 0.2) is 0 Å². The van der Waals surface area contributed by atoms with Crippen LogP contribution in [0.1, 0.15) is 0 Å². The molecular weight excluding hydrogens is 397 g/mol. The van der Waals surface area contributed by atoms with Gasteiger partial charge in [0.1, 0.15) is 0 Å². The number of aliphatic carboxylic acids is 2. The maximum absolute atomic E-state index is 11.4. The van der Waals surface area contributed by atoms with E-state index < -0.39 is 46.2 Å². The van der Waals surface area contributed by atoms with E-state index in [-0.39, 0.29) is 148 Å². The maximum atomic E-state index is 11.4. The summed E-state index contributed by atoms with van der Waals surface area (Å²) < 4.78 is 29.8. The molecule has 0 fully saturated rings. The molecule has 0 bridgehead atoms. The Morgan fingerprint density at radius 1 is 0.773 bits per heavy atom. The second-order valence-corrected chi connectivity index (χ2v) is 6.75. The molecule has 0 N–H and O–H groups in total. The van der Waals surface area contributed by atoms with Crippen molar-refractivity contribution in [3.63, 3.8) is 0 Å². The second-order valence-electron chi connectivity index (χ2n) is 2.65. The number of carboxylic acid groups (broad SMARTS) is 2. The topological polar surface area (TPSA) is 179 Å². The summed E-state index contributed by atoms with van der Waals surface area (Å²) in [5, 5.41) is 20.0. The van der Waals surface area contributed by atoms with E-state index in [0.29, 0.717) is 0 Å². The van der Waals surface area contributed by atoms with Gasteiger partial charge in [-0.05, 0) is 0 Å². The molecule has 0 aliphatic heterocycles. The van der Waals surface area contributed by atoms with Gasteiger partial charge in [-0.15, -0.1) is 0 Å². The quantitative estimate of drug-likeness (QED) is 0.279. The summed E-state index contributed by atoms with van der Waals surface area (Å²) in [5.74, 6) is -5.37. The summed E-state index contributed by atoms with van der Waals surface area (Å²) in [7, 11) is -10.0. The van der Waals surface area contributed by atoms with E-state index in [1.165, 1.54) is 0 Å². The Balaban J connectivity index is -0.000000128. The van der Waals surface area contributed by atoms with E-state index in [4.69, 9.17) is 0 Å². The van der Waals surface area contributed by atoms with Crippen LogP contribution in [0.25, 0.3) is 0 Å². The van der Waals surface area contributed by atoms with Gasteiger partial charge < -0.3 is 43.2 Å². The van der Waals surface area contributed by atoms with Crippen LogP contribution in [-0.4, -0.2) is 31.1 Å². The van der Waals surface area contributed by atoms with Crippen molar-refractivity contribution in [3.05, 3.63) is 0 Å². The molecular formula is C5H6Na5O10P2+. The molecule has 22 heavy (non-hydrogen) atoms. The van der Waals surface area contributed by atoms with Gasteiger partial charge in [0.25, 0.3) is 0 Å². The molecule has 0 heterocycles. The summed E-state index contributed by atoms with van der Waals surface area (Å²) in [4.78, 5) is 40.7. The summed E-state index contributed by atoms with van der Waals surface area (Å²) in [6, 6.07) is 0. The molecule has 0 rings (SSSR count). The first kappa shape index (κ1) is 40.8. The van der Waals surface area contributed by atoms with Crippen LogP contribution >= 0.6 is 15.2 Å². The van der Waals surface area contributed by atoms with Gasteiger partial charge in [-0.1, -0.05) is 7.60 Å². The van der Waals surface area contributed by atoms with Crippen molar-refractivity contribution >= 4 is 27.1 Å². The Morgan fingerprint density at radius 3 is 1.23 bits per heavy atom. The van der Waals surface area contributed by atoms with E-state index in [9.17, 15) is 38.7 Å². The van der Waals surface area contributed by atoms with Gasteiger partial charge in [0.2, 0.25) is 0 Å². The molecule has 0 atom stereocenters. The van der Waals surface area contributed by atoms with Crippen LogP contribution in [0.3, 0.4) is 0 Å². The van der Waals surface area contributed by atoms with E-state index in [1.807, 2.05) is 0 Å². The predicted octanol–water partition coefficient (Wildman–Crippen LogP) is -19.4. The molecule has 0 radical (unpaired) electrons. The fourth-order valence-corrected chi connectivity index (χ4v) is 3.66. The van der Waals surface area contributed by atoms with E-state index in [0.717, 1.165) is 0 Å². The van der Waals surface area contributed by atoms with Crippen molar-refractivity contribution in [1.82, 2.24) is 0 Å². The fraction of sp³-hybridized carbons (Fsp3) is 0.600. The standard InChI is InChI=1S/C5H10O10P2.5Na/c6-4(7)1-14-17(13,3-16(10,11)12)15-2-5(8)9;;;;;/h1-3H2,(H,6,7)(H,8,9)(H2,10,11,12);;;;;/q;5*+1/p-4. The monoisotopic (exact) mass is 403 g/mol. The first-order valence-electron chi connectivity index (χ1n) is 3.83. The molecule has 0 unspecified atom stereocenters. The molecule has 0 aromatic heterocycles. The Hall–Kier alpha value is 4.24. The average Bonchev–Trinajstić information content (AvgIpc) is 2.09. The van der Waals surface area contributed by atoms with Gasteiger partial charge in [0.05, 0.1) is 31.1 Å². The Kier molecular flexibility index (Phi) is 37.1. The number of hydrogen-bond donors (Lipinski definition) is 0. The van der Waals surface area contributed by atoms with Gasteiger partial charge >= 0.3 is 155 Å². The van der Waals surface area contributed by atoms with Gasteiger partial charge in [-0.3, -0.25) is 4.57 Å². The first-order valence-corrected chi connectivity index (χ1v) is 7.28. The van der Waals surface area contributed by atoms with Gasteiger partial charge in [-0.2, -0.15) is 0 Å². The minimum absolute atomic E-state index is 0. The van der Waals surface area contributed by atoms with E-state index in [2.05, 4.69) is 9.05 Å². The van der Waals surface area contributed by atoms with Crippen LogP contribution in [0.5, 0.6) is 0 Å². The summed E-state index contributed by atoms with van der Waals surface area (Å²) in [5.41, 5.74) is 0. The molecule has 0 aromatic rings. The third-order valence-corrected chi connectivity index (χ3v) is 4.92. The first-order chi connectivity index (χ1) is 7.54. The van der Waals surface area contributed by atoms with Crippen LogP contribution in [-0.2, 0) is 27.8 Å². The number of hydrogen-bond acceptors (Lipinski definition) is 10. The van der Waals surface area contributed by atoms with Gasteiger partial charge in [0, 0.05) is 0 Å². The number of carboxylic acids is 2. The molecule has 0 saturated carbocycles. The average molecular weight is 403 g/mol. The van der Waals surface area contributed by atoms with Crippen LogP contribution < -0.4 is 168 Å². The minimum Gasteiger partial charge on any atom is -0.810 e. The number of carbonyl (C=O) groups is 2. The molecule has 0 aliphatic rings. The summed E-state index contributed by atoms with van der Waals surface area (Å²) in [6.45, 7) is -2.63. The SMILES string of the molecule is O=C([O-])COP(=O)(CP(=O)([O-])[O-])OCC(=O)[O-].[Na+].[Na+].[Na+].[Na+].[Na+]. The molecule has 0 spiro atoms. The normalized spacial score (nSPS) is 9.55. The molecule has 0 aromatic carbocycles. The van der Waals surface area contributed by atoms with Crippen LogP contribution in [0.2, 0.25) is 0 Å². The Bertz CT molecular complexity index is 377. The van der Waals surface area contributed by atoms with Crippen molar-refractivity contribution in [3.8, 4) is 0 Å². The van der Waals surface area contributed by atoms with Crippen LogP contribution in [0.4, 0.5) is 0 Å². The van der Waals surface area contributed by atoms with E-state index >= 15 is 0 Å². The summed E-state index contributed by atoms with van der Waals surface area (Å²) >= 11 is 0. The third-order valence-electron chi connectivity index (χ3n) is 1.10. The Labute approximate surface area is 237 Å². The Morgan fingerprint density at radius 2 is 1.05 bits per heavy atom. The zero-order valence-corrected chi connectivity index (χ0v) is 24.9. The van der Waals surface area contributed by atoms with Crippen molar-refractivity contribution in [1.29, 1.82) is 0 Å². The fourth-order valence-electron chi connectivity index (χ4n) is 0.633. The van der Waals surface area contributed by atoms with Gasteiger partial charge in [-0.25, -0.2) is 0 Å². The van der Waals surface area contributed by atoms with Crippen molar-refractivity contribution < 1.29 is 196 Å².